The normalized spacial score (nSPS) is 17.9. The molecule has 2 aromatic carbocycles. The minimum atomic E-state index is -0.242. The average molecular weight is 432 g/mol. The molecule has 0 aliphatic carbocycles. The number of hydrogen-bond donors (Lipinski definition) is 0. The summed E-state index contributed by atoms with van der Waals surface area (Å²) >= 11 is 0. The van der Waals surface area contributed by atoms with E-state index in [1.165, 1.54) is 35.1 Å². The molecule has 0 spiro atoms. The van der Waals surface area contributed by atoms with Crippen molar-refractivity contribution in [1.82, 2.24) is 14.5 Å². The summed E-state index contributed by atoms with van der Waals surface area (Å²) in [6.45, 7) is 8.27. The topological polar surface area (TPSA) is 56.6 Å². The van der Waals surface area contributed by atoms with E-state index >= 15 is 0 Å². The van der Waals surface area contributed by atoms with Crippen molar-refractivity contribution in [3.05, 3.63) is 75.7 Å². The second-order valence-electron chi connectivity index (χ2n) is 8.78. The van der Waals surface area contributed by atoms with Crippen molar-refractivity contribution in [3.8, 4) is 22.9 Å². The Morgan fingerprint density at radius 2 is 1.88 bits per heavy atom. The number of fused-ring (bicyclic) bond motifs is 1. The van der Waals surface area contributed by atoms with Crippen LogP contribution in [0.1, 0.15) is 29.7 Å². The summed E-state index contributed by atoms with van der Waals surface area (Å²) in [4.78, 5) is 18.5. The molecule has 1 atom stereocenters. The van der Waals surface area contributed by atoms with Crippen LogP contribution in [-0.2, 0) is 13.1 Å². The van der Waals surface area contributed by atoms with Gasteiger partial charge in [-0.1, -0.05) is 30.3 Å². The van der Waals surface area contributed by atoms with E-state index in [4.69, 9.17) is 9.47 Å². The maximum atomic E-state index is 12.0. The smallest absolute Gasteiger partial charge is 0.300 e. The van der Waals surface area contributed by atoms with E-state index in [2.05, 4.69) is 54.1 Å². The lowest BCUT2D eigenvalue weighted by Gasteiger charge is -2.17. The fourth-order valence-electron chi connectivity index (χ4n) is 4.58. The molecular weight excluding hydrogens is 402 g/mol. The lowest BCUT2D eigenvalue weighted by atomic mass is 9.97. The molecule has 32 heavy (non-hydrogen) atoms. The first kappa shape index (κ1) is 20.8. The summed E-state index contributed by atoms with van der Waals surface area (Å²) in [5, 5.41) is 0. The molecule has 6 nitrogen and oxygen atoms in total. The van der Waals surface area contributed by atoms with Crippen molar-refractivity contribution in [2.45, 2.75) is 45.9 Å². The highest BCUT2D eigenvalue weighted by Gasteiger charge is 2.27. The Hall–Kier alpha value is -3.12. The lowest BCUT2D eigenvalue weighted by Crippen LogP contribution is -2.25. The summed E-state index contributed by atoms with van der Waals surface area (Å²) in [6.07, 6.45) is 2.27. The first-order chi connectivity index (χ1) is 15.6. The molecule has 6 heteroatoms. The van der Waals surface area contributed by atoms with E-state index in [1.54, 1.807) is 6.07 Å². The predicted molar refractivity (Wildman–Crippen MR) is 124 cm³/mol. The molecule has 166 valence electrons. The van der Waals surface area contributed by atoms with Gasteiger partial charge in [-0.2, -0.15) is 4.98 Å². The van der Waals surface area contributed by atoms with Crippen molar-refractivity contribution in [2.75, 3.05) is 19.7 Å². The minimum Gasteiger partial charge on any atom is -0.490 e. The van der Waals surface area contributed by atoms with Crippen LogP contribution in [-0.4, -0.2) is 40.3 Å². The number of rotatable bonds is 6. The van der Waals surface area contributed by atoms with Gasteiger partial charge < -0.3 is 9.47 Å². The highest BCUT2D eigenvalue weighted by molar-refractivity contribution is 5.68. The van der Waals surface area contributed by atoms with Gasteiger partial charge in [-0.15, -0.1) is 0 Å². The molecule has 0 saturated carbocycles. The summed E-state index contributed by atoms with van der Waals surface area (Å²) in [6, 6.07) is 16.6. The van der Waals surface area contributed by atoms with Crippen molar-refractivity contribution >= 4 is 0 Å². The predicted octanol–water partition coefficient (Wildman–Crippen LogP) is 3.96. The van der Waals surface area contributed by atoms with E-state index in [0.717, 1.165) is 31.1 Å². The maximum absolute atomic E-state index is 12.0. The Morgan fingerprint density at radius 1 is 1.09 bits per heavy atom. The lowest BCUT2D eigenvalue weighted by molar-refractivity contribution is 0.143. The summed E-state index contributed by atoms with van der Waals surface area (Å²) in [5.41, 5.74) is 5.74. The zero-order chi connectivity index (χ0) is 22.1. The van der Waals surface area contributed by atoms with E-state index in [1.807, 2.05) is 16.7 Å². The zero-order valence-electron chi connectivity index (χ0n) is 18.7. The van der Waals surface area contributed by atoms with Gasteiger partial charge >= 0.3 is 6.01 Å². The van der Waals surface area contributed by atoms with Gasteiger partial charge in [0.15, 0.2) is 6.10 Å². The van der Waals surface area contributed by atoms with Gasteiger partial charge in [0.25, 0.3) is 5.56 Å². The molecule has 0 bridgehead atoms. The molecule has 0 amide bonds. The van der Waals surface area contributed by atoms with Crippen LogP contribution in [0.5, 0.6) is 11.8 Å². The highest BCUT2D eigenvalue weighted by atomic mass is 16.6. The number of aryl methyl sites for hydroxylation is 1. The van der Waals surface area contributed by atoms with Crippen LogP contribution in [0.25, 0.3) is 11.1 Å². The summed E-state index contributed by atoms with van der Waals surface area (Å²) in [5.74, 6) is 0.804. The summed E-state index contributed by atoms with van der Waals surface area (Å²) < 4.78 is 14.0. The Labute approximate surface area is 188 Å². The Morgan fingerprint density at radius 3 is 2.66 bits per heavy atom. The molecule has 3 aromatic rings. The van der Waals surface area contributed by atoms with E-state index < -0.39 is 0 Å². The van der Waals surface area contributed by atoms with E-state index in [-0.39, 0.29) is 11.7 Å². The minimum absolute atomic E-state index is 0.166. The van der Waals surface area contributed by atoms with E-state index in [9.17, 15) is 4.79 Å². The van der Waals surface area contributed by atoms with Gasteiger partial charge in [-0.3, -0.25) is 14.3 Å². The first-order valence-electron chi connectivity index (χ1n) is 11.4. The number of ether oxygens (including phenoxy) is 2. The fraction of sp³-hybridized carbons (Fsp3) is 0.385. The fourth-order valence-corrected chi connectivity index (χ4v) is 4.58. The van der Waals surface area contributed by atoms with Crippen LogP contribution in [0.15, 0.2) is 53.3 Å². The number of hydrogen-bond acceptors (Lipinski definition) is 5. The monoisotopic (exact) mass is 431 g/mol. The van der Waals surface area contributed by atoms with Gasteiger partial charge in [-0.05, 0) is 74.2 Å². The first-order valence-corrected chi connectivity index (χ1v) is 11.4. The Balaban J connectivity index is 1.23. The molecule has 3 heterocycles. The van der Waals surface area contributed by atoms with Crippen LogP contribution in [0.3, 0.4) is 0 Å². The number of benzene rings is 2. The third-order valence-electron chi connectivity index (χ3n) is 6.52. The van der Waals surface area contributed by atoms with E-state index in [0.29, 0.717) is 19.2 Å². The molecule has 1 saturated heterocycles. The quantitative estimate of drug-likeness (QED) is 0.591. The third kappa shape index (κ3) is 4.28. The molecule has 2 aliphatic rings. The maximum Gasteiger partial charge on any atom is 0.300 e. The van der Waals surface area contributed by atoms with Crippen LogP contribution in [0, 0.1) is 13.8 Å². The second kappa shape index (κ2) is 8.79. The van der Waals surface area contributed by atoms with Gasteiger partial charge in [0, 0.05) is 18.3 Å². The van der Waals surface area contributed by atoms with Crippen LogP contribution in [0.2, 0.25) is 0 Å². The van der Waals surface area contributed by atoms with Crippen molar-refractivity contribution < 1.29 is 9.47 Å². The standard InChI is InChI=1S/C26H29N3O3/c1-18-6-5-7-24(19(18)2)20-8-10-22(11-9-20)31-17-23-16-29-21(15-28-12-3-4-13-28)14-25(30)27-26(29)32-23/h5-11,14,23H,3-4,12-13,15-17H2,1-2H3/t23-/m0/s1. The average Bonchev–Trinajstić information content (AvgIpc) is 3.44. The van der Waals surface area contributed by atoms with Gasteiger partial charge in [0.2, 0.25) is 0 Å². The Bertz CT molecular complexity index is 1160. The SMILES string of the molecule is Cc1cccc(-c2ccc(OC[C@@H]3Cn4c(CN5CCCC5)cc(=O)nc4O3)cc2)c1C. The van der Waals surface area contributed by atoms with Gasteiger partial charge in [0.1, 0.15) is 12.4 Å². The van der Waals surface area contributed by atoms with Gasteiger partial charge in [0.05, 0.1) is 6.54 Å². The molecule has 0 N–H and O–H groups in total. The van der Waals surface area contributed by atoms with Crippen LogP contribution < -0.4 is 15.0 Å². The van der Waals surface area contributed by atoms with Crippen molar-refractivity contribution in [3.63, 3.8) is 0 Å². The number of aromatic nitrogens is 2. The molecular formula is C26H29N3O3. The van der Waals surface area contributed by atoms with Gasteiger partial charge in [-0.25, -0.2) is 0 Å². The van der Waals surface area contributed by atoms with Crippen molar-refractivity contribution in [1.29, 1.82) is 0 Å². The highest BCUT2D eigenvalue weighted by Crippen LogP contribution is 2.28. The molecule has 2 aliphatic heterocycles. The molecule has 5 rings (SSSR count). The van der Waals surface area contributed by atoms with Crippen LogP contribution in [0.4, 0.5) is 0 Å². The molecule has 0 radical (unpaired) electrons. The van der Waals surface area contributed by atoms with Crippen LogP contribution >= 0.6 is 0 Å². The molecule has 1 aromatic heterocycles. The van der Waals surface area contributed by atoms with Crippen molar-refractivity contribution in [2.24, 2.45) is 0 Å². The second-order valence-corrected chi connectivity index (χ2v) is 8.78. The number of nitrogens with zero attached hydrogens (tertiary/aromatic N) is 3. The number of likely N-dealkylation sites (tertiary alicyclic amines) is 1. The zero-order valence-corrected chi connectivity index (χ0v) is 18.7. The molecule has 1 fully saturated rings. The third-order valence-corrected chi connectivity index (χ3v) is 6.52. The Kier molecular flexibility index (Phi) is 5.70. The largest absolute Gasteiger partial charge is 0.490 e. The molecule has 0 unspecified atom stereocenters. The summed E-state index contributed by atoms with van der Waals surface area (Å²) in [7, 11) is 0.